The van der Waals surface area contributed by atoms with Gasteiger partial charge in [-0.25, -0.2) is 4.31 Å². The van der Waals surface area contributed by atoms with Crippen molar-refractivity contribution in [2.75, 3.05) is 19.7 Å². The lowest BCUT2D eigenvalue weighted by Crippen LogP contribution is -2.38. The van der Waals surface area contributed by atoms with Crippen LogP contribution in [0.2, 0.25) is 0 Å². The molecule has 0 amide bonds. The molecule has 1 aliphatic heterocycles. The van der Waals surface area contributed by atoms with Crippen molar-refractivity contribution in [1.82, 2.24) is 4.31 Å². The van der Waals surface area contributed by atoms with E-state index in [1.165, 1.54) is 23.1 Å². The lowest BCUT2D eigenvalue weighted by molar-refractivity contribution is -0.0343. The van der Waals surface area contributed by atoms with Gasteiger partial charge in [0.15, 0.2) is 0 Å². The largest absolute Gasteiger partial charge is 0.454 e. The zero-order valence-electron chi connectivity index (χ0n) is 12.2. The number of β-amino-alcohol motifs (C(OH)–C–C–N with tert-alkyl or cyclic N) is 1. The molecule has 1 saturated heterocycles. The third kappa shape index (κ3) is 3.80. The predicted molar refractivity (Wildman–Crippen MR) is 84.2 cm³/mol. The molecule has 4 nitrogen and oxygen atoms in total. The fourth-order valence-electron chi connectivity index (χ4n) is 2.60. The quantitative estimate of drug-likeness (QED) is 0.683. The van der Waals surface area contributed by atoms with Crippen molar-refractivity contribution < 1.29 is 14.6 Å². The molecule has 1 aromatic carbocycles. The van der Waals surface area contributed by atoms with Gasteiger partial charge in [0, 0.05) is 18.7 Å². The third-order valence-corrected chi connectivity index (χ3v) is 4.61. The molecule has 0 saturated carbocycles. The number of allylic oxidation sites excluding steroid dienone is 2. The maximum Gasteiger partial charge on any atom is 0.263 e. The summed E-state index contributed by atoms with van der Waals surface area (Å²) in [5, 5.41) is 9.49. The van der Waals surface area contributed by atoms with Crippen LogP contribution < -0.4 is 4.74 Å². The molecule has 2 unspecified atom stereocenters. The molecule has 1 N–H and O–H groups in total. The molecule has 0 radical (unpaired) electrons. The highest BCUT2D eigenvalue weighted by Crippen LogP contribution is 2.31. The number of ether oxygens (including phenoxy) is 2. The van der Waals surface area contributed by atoms with Gasteiger partial charge in [-0.05, 0) is 43.3 Å². The molecule has 0 bridgehead atoms. The fourth-order valence-corrected chi connectivity index (χ4v) is 3.63. The van der Waals surface area contributed by atoms with E-state index in [9.17, 15) is 5.11 Å². The van der Waals surface area contributed by atoms with E-state index in [1.807, 2.05) is 12.1 Å². The standard InChI is InChI=1S/C16H21NO3S/c1-12(18)11-17-9-10-19-16(21-17)20-15-8-4-6-13-5-2-3-7-14(13)15/h2-4,6,8,12,16,18H,5,7,9-11H2,1H3. The zero-order chi connectivity index (χ0) is 14.7. The topological polar surface area (TPSA) is 41.9 Å². The van der Waals surface area contributed by atoms with Crippen LogP contribution in [0.3, 0.4) is 0 Å². The summed E-state index contributed by atoms with van der Waals surface area (Å²) < 4.78 is 13.8. The zero-order valence-corrected chi connectivity index (χ0v) is 13.0. The van der Waals surface area contributed by atoms with Gasteiger partial charge in [0.05, 0.1) is 12.7 Å². The van der Waals surface area contributed by atoms with Crippen LogP contribution in [0.4, 0.5) is 0 Å². The molecule has 1 aromatic rings. The highest BCUT2D eigenvalue weighted by atomic mass is 32.2. The van der Waals surface area contributed by atoms with Crippen LogP contribution in [-0.4, -0.2) is 40.8 Å². The summed E-state index contributed by atoms with van der Waals surface area (Å²) in [5.74, 6) is 0.910. The van der Waals surface area contributed by atoms with E-state index in [2.05, 4.69) is 22.5 Å². The van der Waals surface area contributed by atoms with Crippen molar-refractivity contribution in [1.29, 1.82) is 0 Å². The monoisotopic (exact) mass is 307 g/mol. The lowest BCUT2D eigenvalue weighted by Gasteiger charge is -2.32. The molecule has 0 spiro atoms. The van der Waals surface area contributed by atoms with Crippen LogP contribution in [0, 0.1) is 0 Å². The van der Waals surface area contributed by atoms with Crippen LogP contribution in [0.15, 0.2) is 30.4 Å². The maximum absolute atomic E-state index is 9.49. The van der Waals surface area contributed by atoms with E-state index in [1.54, 1.807) is 6.92 Å². The van der Waals surface area contributed by atoms with Gasteiger partial charge in [0.25, 0.3) is 5.62 Å². The number of rotatable bonds is 4. The van der Waals surface area contributed by atoms with Crippen molar-refractivity contribution >= 4 is 11.9 Å². The van der Waals surface area contributed by atoms with E-state index in [-0.39, 0.29) is 11.7 Å². The predicted octanol–water partition coefficient (Wildman–Crippen LogP) is 2.37. The average molecular weight is 307 g/mol. The van der Waals surface area contributed by atoms with Crippen LogP contribution in [0.5, 0.6) is 5.75 Å². The minimum atomic E-state index is -0.342. The Morgan fingerprint density at radius 1 is 1.43 bits per heavy atom. The SMILES string of the molecule is CC(O)CN1CCOC(Oc2cccc3c2CC=CC3)S1. The van der Waals surface area contributed by atoms with Crippen molar-refractivity contribution in [3.63, 3.8) is 0 Å². The van der Waals surface area contributed by atoms with Gasteiger partial charge in [0.1, 0.15) is 5.75 Å². The van der Waals surface area contributed by atoms with Gasteiger partial charge in [-0.2, -0.15) is 0 Å². The van der Waals surface area contributed by atoms with Crippen molar-refractivity contribution in [3.8, 4) is 5.75 Å². The molecule has 0 aromatic heterocycles. The summed E-state index contributed by atoms with van der Waals surface area (Å²) in [6.45, 7) is 3.86. The Morgan fingerprint density at radius 2 is 2.29 bits per heavy atom. The first-order valence-electron chi connectivity index (χ1n) is 7.36. The highest BCUT2D eigenvalue weighted by Gasteiger charge is 2.25. The van der Waals surface area contributed by atoms with Gasteiger partial charge < -0.3 is 14.6 Å². The minimum absolute atomic E-state index is 0.338. The van der Waals surface area contributed by atoms with Crippen LogP contribution in [0.25, 0.3) is 0 Å². The average Bonchev–Trinajstić information content (AvgIpc) is 2.47. The Balaban J connectivity index is 1.67. The lowest BCUT2D eigenvalue weighted by atomic mass is 9.96. The van der Waals surface area contributed by atoms with Gasteiger partial charge in [-0.3, -0.25) is 0 Å². The molecule has 21 heavy (non-hydrogen) atoms. The summed E-state index contributed by atoms with van der Waals surface area (Å²) in [7, 11) is 0. The van der Waals surface area contributed by atoms with E-state index < -0.39 is 0 Å². The second kappa shape index (κ2) is 6.83. The Kier molecular flexibility index (Phi) is 4.85. The smallest absolute Gasteiger partial charge is 0.263 e. The van der Waals surface area contributed by atoms with Crippen molar-refractivity contribution in [2.24, 2.45) is 0 Å². The molecule has 1 fully saturated rings. The third-order valence-electron chi connectivity index (χ3n) is 3.58. The molecule has 2 aliphatic rings. The summed E-state index contributed by atoms with van der Waals surface area (Å²) in [6, 6.07) is 6.20. The first-order valence-corrected chi connectivity index (χ1v) is 8.20. The summed E-state index contributed by atoms with van der Waals surface area (Å²) in [6.07, 6.45) is 5.93. The van der Waals surface area contributed by atoms with Gasteiger partial charge in [0.2, 0.25) is 0 Å². The summed E-state index contributed by atoms with van der Waals surface area (Å²) in [5.41, 5.74) is 2.25. The summed E-state index contributed by atoms with van der Waals surface area (Å²) in [4.78, 5) is 0. The minimum Gasteiger partial charge on any atom is -0.454 e. The molecule has 1 aliphatic carbocycles. The van der Waals surface area contributed by atoms with Gasteiger partial charge in [-0.15, -0.1) is 0 Å². The van der Waals surface area contributed by atoms with Crippen LogP contribution in [-0.2, 0) is 17.6 Å². The van der Waals surface area contributed by atoms with E-state index >= 15 is 0 Å². The Hall–Kier alpha value is -1.01. The summed E-state index contributed by atoms with van der Waals surface area (Å²) >= 11 is 1.52. The molecule has 1 heterocycles. The van der Waals surface area contributed by atoms with Gasteiger partial charge >= 0.3 is 0 Å². The Morgan fingerprint density at radius 3 is 3.14 bits per heavy atom. The highest BCUT2D eigenvalue weighted by molar-refractivity contribution is 7.97. The first kappa shape index (κ1) is 14.9. The van der Waals surface area contributed by atoms with E-state index in [0.717, 1.165) is 25.1 Å². The maximum atomic E-state index is 9.49. The van der Waals surface area contributed by atoms with E-state index in [0.29, 0.717) is 13.2 Å². The van der Waals surface area contributed by atoms with E-state index in [4.69, 9.17) is 9.47 Å². The molecule has 3 rings (SSSR count). The van der Waals surface area contributed by atoms with Crippen LogP contribution in [0.1, 0.15) is 18.1 Å². The second-order valence-electron chi connectivity index (χ2n) is 5.39. The second-order valence-corrected chi connectivity index (χ2v) is 6.51. The Labute approximate surface area is 129 Å². The van der Waals surface area contributed by atoms with Crippen molar-refractivity contribution in [3.05, 3.63) is 41.5 Å². The fraction of sp³-hybridized carbons (Fsp3) is 0.500. The normalized spacial score (nSPS) is 23.6. The molecule has 5 heteroatoms. The molecular formula is C16H21NO3S. The van der Waals surface area contributed by atoms with Crippen molar-refractivity contribution in [2.45, 2.75) is 31.5 Å². The van der Waals surface area contributed by atoms with Gasteiger partial charge in [-0.1, -0.05) is 24.3 Å². The van der Waals surface area contributed by atoms with Crippen LogP contribution >= 0.6 is 11.9 Å². The molecular weight excluding hydrogens is 286 g/mol. The first-order chi connectivity index (χ1) is 10.2. The Bertz CT molecular complexity index is 518. The number of aliphatic hydroxyl groups excluding tert-OH is 1. The number of hydrogen-bond acceptors (Lipinski definition) is 5. The number of aliphatic hydroxyl groups is 1. The molecule has 114 valence electrons. The molecule has 2 atom stereocenters. The number of benzene rings is 1. The number of nitrogens with zero attached hydrogens (tertiary/aromatic N) is 1. The number of hydrogen-bond donors (Lipinski definition) is 1. The number of fused-ring (bicyclic) bond motifs is 1.